The minimum Gasteiger partial charge on any atom is -0.352 e. The molecular formula is C16H25N3O3S. The van der Waals surface area contributed by atoms with Gasteiger partial charge in [-0.25, -0.2) is 13.6 Å². The fourth-order valence-electron chi connectivity index (χ4n) is 2.92. The number of rotatable bonds is 5. The Labute approximate surface area is 137 Å². The zero-order valence-electron chi connectivity index (χ0n) is 13.7. The summed E-state index contributed by atoms with van der Waals surface area (Å²) in [4.78, 5) is 12.3. The summed E-state index contributed by atoms with van der Waals surface area (Å²) in [5, 5.41) is 11.4. The minimum atomic E-state index is -3.84. The molecule has 0 bridgehead atoms. The third-order valence-corrected chi connectivity index (χ3v) is 5.46. The van der Waals surface area contributed by atoms with Crippen molar-refractivity contribution < 1.29 is 13.2 Å². The van der Waals surface area contributed by atoms with Crippen LogP contribution in [0.4, 0.5) is 0 Å². The summed E-state index contributed by atoms with van der Waals surface area (Å²) >= 11 is 0. The van der Waals surface area contributed by atoms with Gasteiger partial charge in [0.05, 0.1) is 4.90 Å². The molecule has 0 radical (unpaired) electrons. The van der Waals surface area contributed by atoms with E-state index in [0.29, 0.717) is 23.6 Å². The molecule has 0 spiro atoms. The lowest BCUT2D eigenvalue weighted by molar-refractivity contribution is 0.0950. The smallest absolute Gasteiger partial charge is 0.251 e. The molecule has 1 aromatic rings. The average molecular weight is 339 g/mol. The number of hydrogen-bond acceptors (Lipinski definition) is 4. The molecule has 6 nitrogen and oxygen atoms in total. The molecule has 128 valence electrons. The summed E-state index contributed by atoms with van der Waals surface area (Å²) in [6.07, 6.45) is 3.28. The highest BCUT2D eigenvalue weighted by Crippen LogP contribution is 2.20. The topological polar surface area (TPSA) is 101 Å². The van der Waals surface area contributed by atoms with E-state index in [2.05, 4.69) is 10.6 Å². The lowest BCUT2D eigenvalue weighted by Crippen LogP contribution is -2.33. The normalized spacial score (nSPS) is 18.7. The summed E-state index contributed by atoms with van der Waals surface area (Å²) in [6.45, 7) is 6.11. The Kier molecular flexibility index (Phi) is 5.78. The highest BCUT2D eigenvalue weighted by molar-refractivity contribution is 7.89. The quantitative estimate of drug-likeness (QED) is 0.747. The second kappa shape index (κ2) is 7.42. The van der Waals surface area contributed by atoms with Gasteiger partial charge in [-0.1, -0.05) is 0 Å². The molecule has 1 atom stereocenters. The maximum atomic E-state index is 12.3. The Morgan fingerprint density at radius 3 is 2.74 bits per heavy atom. The van der Waals surface area contributed by atoms with E-state index in [4.69, 9.17) is 5.14 Å². The van der Waals surface area contributed by atoms with Crippen LogP contribution in [0.3, 0.4) is 0 Å². The number of piperidine rings is 1. The number of aryl methyl sites for hydroxylation is 1. The van der Waals surface area contributed by atoms with Crippen molar-refractivity contribution in [1.82, 2.24) is 10.6 Å². The van der Waals surface area contributed by atoms with Crippen LogP contribution in [0, 0.1) is 19.8 Å². The first-order chi connectivity index (χ1) is 10.8. The number of carbonyl (C=O) groups excluding carboxylic acids is 1. The summed E-state index contributed by atoms with van der Waals surface area (Å²) in [5.41, 5.74) is 1.65. The molecule has 2 rings (SSSR count). The second-order valence-electron chi connectivity index (χ2n) is 6.22. The van der Waals surface area contributed by atoms with Gasteiger partial charge >= 0.3 is 0 Å². The average Bonchev–Trinajstić information content (AvgIpc) is 2.49. The van der Waals surface area contributed by atoms with Crippen molar-refractivity contribution >= 4 is 15.9 Å². The van der Waals surface area contributed by atoms with Crippen LogP contribution in [0.1, 0.15) is 40.7 Å². The van der Waals surface area contributed by atoms with E-state index in [1.165, 1.54) is 18.9 Å². The second-order valence-corrected chi connectivity index (χ2v) is 7.75. The minimum absolute atomic E-state index is 0.0131. The molecule has 1 aliphatic rings. The fraction of sp³-hybridized carbons (Fsp3) is 0.562. The molecule has 0 saturated carbocycles. The Balaban J connectivity index is 2.03. The van der Waals surface area contributed by atoms with Crippen LogP contribution in [-0.2, 0) is 10.0 Å². The monoisotopic (exact) mass is 339 g/mol. The molecule has 0 aromatic heterocycles. The lowest BCUT2D eigenvalue weighted by atomic mass is 9.96. The molecule has 1 amide bonds. The van der Waals surface area contributed by atoms with E-state index in [0.717, 1.165) is 25.1 Å². The first kappa shape index (κ1) is 17.9. The first-order valence-electron chi connectivity index (χ1n) is 7.92. The Bertz CT molecular complexity index is 680. The molecule has 4 N–H and O–H groups in total. The van der Waals surface area contributed by atoms with E-state index in [1.54, 1.807) is 19.9 Å². The number of nitrogens with two attached hydrogens (primary N) is 1. The summed E-state index contributed by atoms with van der Waals surface area (Å²) in [6, 6.07) is 3.05. The van der Waals surface area contributed by atoms with Gasteiger partial charge in [0.2, 0.25) is 10.0 Å². The molecule has 1 fully saturated rings. The van der Waals surface area contributed by atoms with Crippen LogP contribution in [-0.4, -0.2) is 34.0 Å². The Morgan fingerprint density at radius 2 is 2.13 bits per heavy atom. The van der Waals surface area contributed by atoms with Gasteiger partial charge in [0, 0.05) is 12.1 Å². The number of hydrogen-bond donors (Lipinski definition) is 3. The number of nitrogens with one attached hydrogen (secondary N) is 2. The third-order valence-electron chi connectivity index (χ3n) is 4.43. The SMILES string of the molecule is Cc1cc(C(=O)NCCC2CCCNC2)cc(S(N)(=O)=O)c1C. The van der Waals surface area contributed by atoms with Crippen molar-refractivity contribution in [3.8, 4) is 0 Å². The number of benzene rings is 1. The van der Waals surface area contributed by atoms with E-state index in [-0.39, 0.29) is 10.8 Å². The van der Waals surface area contributed by atoms with E-state index in [1.807, 2.05) is 0 Å². The van der Waals surface area contributed by atoms with Gasteiger partial charge in [0.1, 0.15) is 0 Å². The van der Waals surface area contributed by atoms with E-state index >= 15 is 0 Å². The van der Waals surface area contributed by atoms with Crippen molar-refractivity contribution in [1.29, 1.82) is 0 Å². The maximum Gasteiger partial charge on any atom is 0.251 e. The van der Waals surface area contributed by atoms with Crippen LogP contribution in [0.15, 0.2) is 17.0 Å². The standard InChI is InChI=1S/C16H25N3O3S/c1-11-8-14(9-15(12(11)2)23(17,21)22)16(20)19-7-5-13-4-3-6-18-10-13/h8-9,13,18H,3-7,10H2,1-2H3,(H,19,20)(H2,17,21,22). The van der Waals surface area contributed by atoms with Gasteiger partial charge in [0.25, 0.3) is 5.91 Å². The fourth-order valence-corrected chi connectivity index (χ4v) is 3.79. The maximum absolute atomic E-state index is 12.3. The van der Waals surface area contributed by atoms with Crippen molar-refractivity contribution in [2.45, 2.75) is 38.0 Å². The highest BCUT2D eigenvalue weighted by Gasteiger charge is 2.18. The third kappa shape index (κ3) is 4.76. The molecule has 0 aliphatic carbocycles. The first-order valence-corrected chi connectivity index (χ1v) is 9.46. The molecule has 23 heavy (non-hydrogen) atoms. The lowest BCUT2D eigenvalue weighted by Gasteiger charge is -2.22. The van der Waals surface area contributed by atoms with Gasteiger partial charge in [-0.3, -0.25) is 4.79 Å². The zero-order valence-corrected chi connectivity index (χ0v) is 14.5. The molecule has 1 aliphatic heterocycles. The predicted octanol–water partition coefficient (Wildman–Crippen LogP) is 1.07. The molecular weight excluding hydrogens is 314 g/mol. The van der Waals surface area contributed by atoms with Crippen LogP contribution >= 0.6 is 0 Å². The predicted molar refractivity (Wildman–Crippen MR) is 89.8 cm³/mol. The van der Waals surface area contributed by atoms with Gasteiger partial charge in [0.15, 0.2) is 0 Å². The summed E-state index contributed by atoms with van der Waals surface area (Å²) < 4.78 is 23.3. The van der Waals surface area contributed by atoms with Crippen molar-refractivity contribution in [3.63, 3.8) is 0 Å². The molecule has 1 aromatic carbocycles. The Hall–Kier alpha value is -1.44. The summed E-state index contributed by atoms with van der Waals surface area (Å²) in [5.74, 6) is 0.325. The van der Waals surface area contributed by atoms with Gasteiger partial charge < -0.3 is 10.6 Å². The van der Waals surface area contributed by atoms with Gasteiger partial charge in [-0.05, 0) is 75.4 Å². The molecule has 7 heteroatoms. The number of sulfonamides is 1. The largest absolute Gasteiger partial charge is 0.352 e. The van der Waals surface area contributed by atoms with Crippen molar-refractivity contribution in [3.05, 3.63) is 28.8 Å². The van der Waals surface area contributed by atoms with Crippen LogP contribution < -0.4 is 15.8 Å². The van der Waals surface area contributed by atoms with Crippen molar-refractivity contribution in [2.24, 2.45) is 11.1 Å². The Morgan fingerprint density at radius 1 is 1.39 bits per heavy atom. The van der Waals surface area contributed by atoms with E-state index < -0.39 is 10.0 Å². The number of primary sulfonamides is 1. The molecule has 1 unspecified atom stereocenters. The van der Waals surface area contributed by atoms with Gasteiger partial charge in [-0.15, -0.1) is 0 Å². The number of carbonyl (C=O) groups is 1. The zero-order chi connectivity index (χ0) is 17.0. The van der Waals surface area contributed by atoms with E-state index in [9.17, 15) is 13.2 Å². The summed E-state index contributed by atoms with van der Waals surface area (Å²) in [7, 11) is -3.84. The van der Waals surface area contributed by atoms with Crippen LogP contribution in [0.25, 0.3) is 0 Å². The molecule has 1 saturated heterocycles. The highest BCUT2D eigenvalue weighted by atomic mass is 32.2. The molecule has 1 heterocycles. The van der Waals surface area contributed by atoms with Crippen LogP contribution in [0.5, 0.6) is 0 Å². The van der Waals surface area contributed by atoms with Crippen LogP contribution in [0.2, 0.25) is 0 Å². The van der Waals surface area contributed by atoms with Gasteiger partial charge in [-0.2, -0.15) is 0 Å². The number of amides is 1. The van der Waals surface area contributed by atoms with Crippen molar-refractivity contribution in [2.75, 3.05) is 19.6 Å².